The van der Waals surface area contributed by atoms with Gasteiger partial charge in [-0.2, -0.15) is 0 Å². The van der Waals surface area contributed by atoms with E-state index in [4.69, 9.17) is 4.42 Å². The molecule has 0 amide bonds. The lowest BCUT2D eigenvalue weighted by Crippen LogP contribution is -1.96. The lowest BCUT2D eigenvalue weighted by Gasteiger charge is -2.06. The zero-order valence-corrected chi connectivity index (χ0v) is 10.6. The van der Waals surface area contributed by atoms with Gasteiger partial charge in [0.1, 0.15) is 5.76 Å². The SMILES string of the molecule is CCCc1cc(-c2ccco2)cc(CCC)n1. The first-order valence-corrected chi connectivity index (χ1v) is 6.37. The highest BCUT2D eigenvalue weighted by molar-refractivity contribution is 5.58. The molecule has 0 saturated carbocycles. The van der Waals surface area contributed by atoms with Crippen molar-refractivity contribution in [2.75, 3.05) is 0 Å². The Bertz CT molecular complexity index is 436. The summed E-state index contributed by atoms with van der Waals surface area (Å²) in [6.07, 6.45) is 6.03. The fraction of sp³-hybridized carbons (Fsp3) is 0.400. The van der Waals surface area contributed by atoms with E-state index < -0.39 is 0 Å². The van der Waals surface area contributed by atoms with Crippen LogP contribution in [0.4, 0.5) is 0 Å². The zero-order chi connectivity index (χ0) is 12.1. The molecule has 17 heavy (non-hydrogen) atoms. The van der Waals surface area contributed by atoms with Crippen LogP contribution in [0.5, 0.6) is 0 Å². The van der Waals surface area contributed by atoms with Crippen molar-refractivity contribution in [2.45, 2.75) is 39.5 Å². The maximum absolute atomic E-state index is 5.46. The first-order valence-electron chi connectivity index (χ1n) is 6.37. The summed E-state index contributed by atoms with van der Waals surface area (Å²) in [7, 11) is 0. The largest absolute Gasteiger partial charge is 0.464 e. The summed E-state index contributed by atoms with van der Waals surface area (Å²) in [6, 6.07) is 8.21. The van der Waals surface area contributed by atoms with Crippen molar-refractivity contribution in [3.8, 4) is 11.3 Å². The normalized spacial score (nSPS) is 10.7. The predicted molar refractivity (Wildman–Crippen MR) is 69.9 cm³/mol. The van der Waals surface area contributed by atoms with Gasteiger partial charge in [0.2, 0.25) is 0 Å². The molecule has 2 rings (SSSR count). The molecule has 2 aromatic heterocycles. The highest BCUT2D eigenvalue weighted by atomic mass is 16.3. The van der Waals surface area contributed by atoms with E-state index in [0.717, 1.165) is 37.0 Å². The number of aromatic nitrogens is 1. The average molecular weight is 229 g/mol. The van der Waals surface area contributed by atoms with Crippen LogP contribution in [0.3, 0.4) is 0 Å². The van der Waals surface area contributed by atoms with E-state index >= 15 is 0 Å². The first kappa shape index (κ1) is 11.9. The molecule has 0 bridgehead atoms. The number of nitrogens with zero attached hydrogens (tertiary/aromatic N) is 1. The van der Waals surface area contributed by atoms with Gasteiger partial charge in [-0.15, -0.1) is 0 Å². The van der Waals surface area contributed by atoms with Crippen LogP contribution in [0.15, 0.2) is 34.9 Å². The minimum atomic E-state index is 0.933. The lowest BCUT2D eigenvalue weighted by atomic mass is 10.1. The van der Waals surface area contributed by atoms with Crippen LogP contribution >= 0.6 is 0 Å². The first-order chi connectivity index (χ1) is 8.33. The molecule has 0 aromatic carbocycles. The van der Waals surface area contributed by atoms with Gasteiger partial charge in [0, 0.05) is 17.0 Å². The number of rotatable bonds is 5. The molecule has 0 fully saturated rings. The van der Waals surface area contributed by atoms with Gasteiger partial charge in [-0.25, -0.2) is 0 Å². The second kappa shape index (κ2) is 5.67. The average Bonchev–Trinajstić information content (AvgIpc) is 2.83. The van der Waals surface area contributed by atoms with E-state index in [2.05, 4.69) is 31.0 Å². The van der Waals surface area contributed by atoms with E-state index in [1.807, 2.05) is 12.1 Å². The summed E-state index contributed by atoms with van der Waals surface area (Å²) in [6.45, 7) is 4.36. The third-order valence-corrected chi connectivity index (χ3v) is 2.75. The van der Waals surface area contributed by atoms with Crippen molar-refractivity contribution in [1.82, 2.24) is 4.98 Å². The van der Waals surface area contributed by atoms with Crippen LogP contribution in [0.1, 0.15) is 38.1 Å². The van der Waals surface area contributed by atoms with Gasteiger partial charge in [-0.3, -0.25) is 4.98 Å². The molecule has 0 atom stereocenters. The van der Waals surface area contributed by atoms with Crippen molar-refractivity contribution in [3.63, 3.8) is 0 Å². The summed E-state index contributed by atoms with van der Waals surface area (Å²) in [5, 5.41) is 0. The highest BCUT2D eigenvalue weighted by Crippen LogP contribution is 2.22. The van der Waals surface area contributed by atoms with Crippen LogP contribution in [0.2, 0.25) is 0 Å². The second-order valence-electron chi connectivity index (χ2n) is 4.32. The second-order valence-corrected chi connectivity index (χ2v) is 4.32. The fourth-order valence-corrected chi connectivity index (χ4v) is 2.00. The standard InChI is InChI=1S/C15H19NO/c1-3-6-13-10-12(15-8-5-9-17-15)11-14(16-13)7-4-2/h5,8-11H,3-4,6-7H2,1-2H3. The minimum absolute atomic E-state index is 0.933. The predicted octanol–water partition coefficient (Wildman–Crippen LogP) is 4.25. The van der Waals surface area contributed by atoms with Crippen LogP contribution < -0.4 is 0 Å². The topological polar surface area (TPSA) is 26.0 Å². The Kier molecular flexibility index (Phi) is 3.97. The zero-order valence-electron chi connectivity index (χ0n) is 10.6. The third-order valence-electron chi connectivity index (χ3n) is 2.75. The molecule has 0 aliphatic rings. The van der Waals surface area contributed by atoms with Gasteiger partial charge in [-0.05, 0) is 37.1 Å². The smallest absolute Gasteiger partial charge is 0.133 e. The molecule has 0 spiro atoms. The van der Waals surface area contributed by atoms with E-state index in [1.54, 1.807) is 6.26 Å². The molecule has 0 unspecified atom stereocenters. The molecule has 0 aliphatic heterocycles. The summed E-state index contributed by atoms with van der Waals surface area (Å²) in [5.41, 5.74) is 3.49. The molecule has 0 N–H and O–H groups in total. The van der Waals surface area contributed by atoms with E-state index in [0.29, 0.717) is 0 Å². The number of hydrogen-bond donors (Lipinski definition) is 0. The molecule has 2 aromatic rings. The Labute approximate surface area is 103 Å². The van der Waals surface area contributed by atoms with Crippen LogP contribution in [0, 0.1) is 0 Å². The van der Waals surface area contributed by atoms with E-state index in [-0.39, 0.29) is 0 Å². The monoisotopic (exact) mass is 229 g/mol. The Morgan fingerprint density at radius 2 is 1.71 bits per heavy atom. The number of hydrogen-bond acceptors (Lipinski definition) is 2. The molecule has 2 heteroatoms. The Morgan fingerprint density at radius 1 is 1.06 bits per heavy atom. The van der Waals surface area contributed by atoms with Gasteiger partial charge < -0.3 is 4.42 Å². The minimum Gasteiger partial charge on any atom is -0.464 e. The Hall–Kier alpha value is -1.57. The van der Waals surface area contributed by atoms with Gasteiger partial charge in [0.25, 0.3) is 0 Å². The molecule has 2 heterocycles. The van der Waals surface area contributed by atoms with Crippen LogP contribution in [-0.2, 0) is 12.8 Å². The molecular weight excluding hydrogens is 210 g/mol. The highest BCUT2D eigenvalue weighted by Gasteiger charge is 2.06. The van der Waals surface area contributed by atoms with E-state index in [9.17, 15) is 0 Å². The number of pyridine rings is 1. The quantitative estimate of drug-likeness (QED) is 0.766. The summed E-state index contributed by atoms with van der Waals surface area (Å²) < 4.78 is 5.46. The molecular formula is C15H19NO. The van der Waals surface area contributed by atoms with Crippen LogP contribution in [0.25, 0.3) is 11.3 Å². The molecule has 90 valence electrons. The molecule has 0 saturated heterocycles. The van der Waals surface area contributed by atoms with Crippen molar-refractivity contribution in [2.24, 2.45) is 0 Å². The Balaban J connectivity index is 2.37. The lowest BCUT2D eigenvalue weighted by molar-refractivity contribution is 0.582. The van der Waals surface area contributed by atoms with Crippen molar-refractivity contribution < 1.29 is 4.42 Å². The Morgan fingerprint density at radius 3 is 2.18 bits per heavy atom. The van der Waals surface area contributed by atoms with Crippen molar-refractivity contribution in [1.29, 1.82) is 0 Å². The van der Waals surface area contributed by atoms with Gasteiger partial charge >= 0.3 is 0 Å². The summed E-state index contributed by atoms with van der Waals surface area (Å²) in [4.78, 5) is 4.68. The maximum Gasteiger partial charge on any atom is 0.133 e. The maximum atomic E-state index is 5.46. The fourth-order valence-electron chi connectivity index (χ4n) is 2.00. The third kappa shape index (κ3) is 2.96. The van der Waals surface area contributed by atoms with Gasteiger partial charge in [-0.1, -0.05) is 26.7 Å². The number of furan rings is 1. The van der Waals surface area contributed by atoms with Crippen LogP contribution in [-0.4, -0.2) is 4.98 Å². The van der Waals surface area contributed by atoms with Crippen molar-refractivity contribution >= 4 is 0 Å². The summed E-state index contributed by atoms with van der Waals surface area (Å²) in [5.74, 6) is 0.933. The van der Waals surface area contributed by atoms with Crippen molar-refractivity contribution in [3.05, 3.63) is 41.9 Å². The van der Waals surface area contributed by atoms with Gasteiger partial charge in [0.05, 0.1) is 6.26 Å². The molecule has 0 radical (unpaired) electrons. The molecule has 0 aliphatic carbocycles. The molecule has 2 nitrogen and oxygen atoms in total. The van der Waals surface area contributed by atoms with E-state index in [1.165, 1.54) is 11.4 Å². The number of aryl methyl sites for hydroxylation is 2. The van der Waals surface area contributed by atoms with Gasteiger partial charge in [0.15, 0.2) is 0 Å². The summed E-state index contributed by atoms with van der Waals surface area (Å²) >= 11 is 0.